The Balaban J connectivity index is 3.13. The van der Waals surface area contributed by atoms with Crippen molar-refractivity contribution in [2.24, 2.45) is 0 Å². The number of nitrogens with zero attached hydrogens (tertiary/aromatic N) is 1. The molecule has 0 saturated heterocycles. The van der Waals surface area contributed by atoms with Crippen LogP contribution in [0, 0.1) is 17.0 Å². The average molecular weight is 280 g/mol. The Morgan fingerprint density at radius 3 is 2.65 bits per heavy atom. The van der Waals surface area contributed by atoms with E-state index in [1.807, 2.05) is 0 Å². The number of benzene rings is 1. The summed E-state index contributed by atoms with van der Waals surface area (Å²) in [5.74, 6) is -0.574. The minimum atomic E-state index is -0.574. The van der Waals surface area contributed by atoms with Gasteiger partial charge in [-0.3, -0.25) is 10.1 Å². The van der Waals surface area contributed by atoms with Gasteiger partial charge in [-0.05, 0) is 25.0 Å². The van der Waals surface area contributed by atoms with Gasteiger partial charge in [0.05, 0.1) is 17.6 Å². The molecular weight excluding hydrogens is 260 g/mol. The zero-order chi connectivity index (χ0) is 15.1. The number of carbonyl (C=O) groups is 1. The maximum Gasteiger partial charge on any atom is 0.340 e. The fraction of sp³-hybridized carbons (Fsp3) is 0.500. The second-order valence-electron chi connectivity index (χ2n) is 4.59. The second-order valence-corrected chi connectivity index (χ2v) is 4.59. The number of carbonyl (C=O) groups excluding carboxylic acids is 1. The summed E-state index contributed by atoms with van der Waals surface area (Å²) in [6.07, 6.45) is 2.98. The molecule has 1 N–H and O–H groups in total. The highest BCUT2D eigenvalue weighted by Gasteiger charge is 2.23. The number of nitrogens with one attached hydrogen (secondary N) is 1. The molecule has 0 spiro atoms. The van der Waals surface area contributed by atoms with Crippen molar-refractivity contribution in [2.75, 3.05) is 19.0 Å². The van der Waals surface area contributed by atoms with Crippen molar-refractivity contribution in [2.45, 2.75) is 33.1 Å². The predicted molar refractivity (Wildman–Crippen MR) is 77.2 cm³/mol. The Morgan fingerprint density at radius 2 is 2.10 bits per heavy atom. The van der Waals surface area contributed by atoms with E-state index in [0.717, 1.165) is 19.3 Å². The summed E-state index contributed by atoms with van der Waals surface area (Å²) in [6.45, 7) is 4.37. The summed E-state index contributed by atoms with van der Waals surface area (Å²) < 4.78 is 4.69. The molecular formula is C14H20N2O4. The average Bonchev–Trinajstić information content (AvgIpc) is 2.43. The predicted octanol–water partition coefficient (Wildman–Crippen LogP) is 3.29. The van der Waals surface area contributed by atoms with Gasteiger partial charge in [-0.25, -0.2) is 4.79 Å². The highest BCUT2D eigenvalue weighted by Crippen LogP contribution is 2.30. The first-order valence-electron chi connectivity index (χ1n) is 6.62. The lowest BCUT2D eigenvalue weighted by atomic mass is 10.1. The first kappa shape index (κ1) is 15.9. The number of nitro groups is 1. The van der Waals surface area contributed by atoms with Crippen molar-refractivity contribution in [3.05, 3.63) is 33.4 Å². The standard InChI is InChI=1S/C14H20N2O4/c1-4-5-6-7-15-13-11(14(17)20-3)8-10(2)9-12(13)16(18)19/h8-9,15H,4-7H2,1-3H3. The molecule has 1 aromatic rings. The highest BCUT2D eigenvalue weighted by molar-refractivity contribution is 5.98. The van der Waals surface area contributed by atoms with Gasteiger partial charge in [0.25, 0.3) is 5.69 Å². The normalized spacial score (nSPS) is 10.2. The zero-order valence-electron chi connectivity index (χ0n) is 12.1. The molecule has 0 amide bonds. The van der Waals surface area contributed by atoms with Crippen molar-refractivity contribution in [3.63, 3.8) is 0 Å². The van der Waals surface area contributed by atoms with Crippen LogP contribution in [0.25, 0.3) is 0 Å². The molecule has 6 nitrogen and oxygen atoms in total. The number of unbranched alkanes of at least 4 members (excludes halogenated alkanes) is 2. The van der Waals surface area contributed by atoms with Gasteiger partial charge in [0.1, 0.15) is 5.69 Å². The minimum Gasteiger partial charge on any atom is -0.465 e. The Morgan fingerprint density at radius 1 is 1.40 bits per heavy atom. The van der Waals surface area contributed by atoms with Gasteiger partial charge in [-0.2, -0.15) is 0 Å². The summed E-state index contributed by atoms with van der Waals surface area (Å²) in [5, 5.41) is 14.1. The van der Waals surface area contributed by atoms with Crippen molar-refractivity contribution < 1.29 is 14.5 Å². The molecule has 0 radical (unpaired) electrons. The molecule has 0 aliphatic heterocycles. The Bertz CT molecular complexity index is 500. The van der Waals surface area contributed by atoms with E-state index in [0.29, 0.717) is 12.1 Å². The SMILES string of the molecule is CCCCCNc1c(C(=O)OC)cc(C)cc1[N+](=O)[O-]. The first-order valence-corrected chi connectivity index (χ1v) is 6.62. The van der Waals surface area contributed by atoms with E-state index in [2.05, 4.69) is 12.2 Å². The lowest BCUT2D eigenvalue weighted by Gasteiger charge is -2.12. The van der Waals surface area contributed by atoms with Gasteiger partial charge >= 0.3 is 5.97 Å². The summed E-state index contributed by atoms with van der Waals surface area (Å²) >= 11 is 0. The van der Waals surface area contributed by atoms with E-state index >= 15 is 0 Å². The molecule has 0 saturated carbocycles. The fourth-order valence-corrected chi connectivity index (χ4v) is 1.96. The van der Waals surface area contributed by atoms with Crippen LogP contribution in [0.15, 0.2) is 12.1 Å². The van der Waals surface area contributed by atoms with Gasteiger partial charge in [0.15, 0.2) is 0 Å². The molecule has 0 aliphatic carbocycles. The monoisotopic (exact) mass is 280 g/mol. The van der Waals surface area contributed by atoms with Crippen LogP contribution >= 0.6 is 0 Å². The van der Waals surface area contributed by atoms with Crippen molar-refractivity contribution in [1.29, 1.82) is 0 Å². The van der Waals surface area contributed by atoms with Crippen LogP contribution in [0.5, 0.6) is 0 Å². The fourth-order valence-electron chi connectivity index (χ4n) is 1.96. The van der Waals surface area contributed by atoms with Crippen LogP contribution in [0.3, 0.4) is 0 Å². The molecule has 0 unspecified atom stereocenters. The van der Waals surface area contributed by atoms with Crippen LogP contribution in [0.1, 0.15) is 42.1 Å². The number of aryl methyl sites for hydroxylation is 1. The van der Waals surface area contributed by atoms with Gasteiger partial charge < -0.3 is 10.1 Å². The lowest BCUT2D eigenvalue weighted by molar-refractivity contribution is -0.384. The van der Waals surface area contributed by atoms with E-state index in [-0.39, 0.29) is 16.9 Å². The minimum absolute atomic E-state index is 0.0955. The van der Waals surface area contributed by atoms with E-state index in [9.17, 15) is 14.9 Å². The zero-order valence-corrected chi connectivity index (χ0v) is 12.1. The van der Waals surface area contributed by atoms with Crippen LogP contribution < -0.4 is 5.32 Å². The van der Waals surface area contributed by atoms with E-state index in [4.69, 9.17) is 4.74 Å². The number of anilines is 1. The largest absolute Gasteiger partial charge is 0.465 e. The summed E-state index contributed by atoms with van der Waals surface area (Å²) in [5.41, 5.74) is 0.998. The second kappa shape index (κ2) is 7.47. The number of nitro benzene ring substituents is 1. The van der Waals surface area contributed by atoms with Crippen LogP contribution in [0.4, 0.5) is 11.4 Å². The molecule has 110 valence electrons. The van der Waals surface area contributed by atoms with Crippen molar-refractivity contribution in [3.8, 4) is 0 Å². The van der Waals surface area contributed by atoms with Gasteiger partial charge in [-0.1, -0.05) is 19.8 Å². The summed E-state index contributed by atoms with van der Waals surface area (Å²) in [7, 11) is 1.26. The third-order valence-electron chi connectivity index (χ3n) is 2.95. The molecule has 0 fully saturated rings. The number of rotatable bonds is 7. The maximum atomic E-state index is 11.8. The third-order valence-corrected chi connectivity index (χ3v) is 2.95. The third kappa shape index (κ3) is 3.94. The van der Waals surface area contributed by atoms with Gasteiger partial charge in [-0.15, -0.1) is 0 Å². The van der Waals surface area contributed by atoms with Crippen LogP contribution in [-0.2, 0) is 4.74 Å². The number of ether oxygens (including phenoxy) is 1. The Hall–Kier alpha value is -2.11. The number of hydrogen-bond acceptors (Lipinski definition) is 5. The molecule has 0 aromatic heterocycles. The molecule has 6 heteroatoms. The molecule has 0 bridgehead atoms. The maximum absolute atomic E-state index is 11.8. The Kier molecular flexibility index (Phi) is 5.96. The Labute approximate surface area is 118 Å². The number of hydrogen-bond donors (Lipinski definition) is 1. The summed E-state index contributed by atoms with van der Waals surface area (Å²) in [6, 6.07) is 3.05. The van der Waals surface area contributed by atoms with E-state index in [1.165, 1.54) is 13.2 Å². The molecule has 0 heterocycles. The molecule has 20 heavy (non-hydrogen) atoms. The van der Waals surface area contributed by atoms with Crippen LogP contribution in [0.2, 0.25) is 0 Å². The summed E-state index contributed by atoms with van der Waals surface area (Å²) in [4.78, 5) is 22.4. The van der Waals surface area contributed by atoms with Crippen molar-refractivity contribution in [1.82, 2.24) is 0 Å². The number of esters is 1. The first-order chi connectivity index (χ1) is 9.51. The number of methoxy groups -OCH3 is 1. The van der Waals surface area contributed by atoms with E-state index in [1.54, 1.807) is 13.0 Å². The lowest BCUT2D eigenvalue weighted by Crippen LogP contribution is -2.12. The van der Waals surface area contributed by atoms with Gasteiger partial charge in [0.2, 0.25) is 0 Å². The molecule has 1 rings (SSSR count). The smallest absolute Gasteiger partial charge is 0.340 e. The van der Waals surface area contributed by atoms with Crippen molar-refractivity contribution >= 4 is 17.3 Å². The molecule has 0 atom stereocenters. The van der Waals surface area contributed by atoms with Crippen LogP contribution in [-0.4, -0.2) is 24.5 Å². The topological polar surface area (TPSA) is 81.5 Å². The van der Waals surface area contributed by atoms with Gasteiger partial charge in [0, 0.05) is 12.6 Å². The molecule has 1 aromatic carbocycles. The van der Waals surface area contributed by atoms with E-state index < -0.39 is 10.9 Å². The quantitative estimate of drug-likeness (QED) is 0.359. The molecule has 0 aliphatic rings. The highest BCUT2D eigenvalue weighted by atomic mass is 16.6.